The van der Waals surface area contributed by atoms with Gasteiger partial charge < -0.3 is 9.80 Å². The standard InChI is InChI=1S/C21H27N3O3S/c1-16-6-4-7-20(17(16)2)22-28(26,27)19-10-8-18(9-11-19)21(25)24-13-5-12-23(3)14-15-24/h4,6-11,22H,5,12-15H2,1-3H3. The number of benzene rings is 2. The first kappa shape index (κ1) is 20.4. The van der Waals surface area contributed by atoms with Crippen LogP contribution in [-0.4, -0.2) is 57.4 Å². The van der Waals surface area contributed by atoms with Crippen molar-refractivity contribution < 1.29 is 13.2 Å². The number of rotatable bonds is 4. The number of hydrogen-bond donors (Lipinski definition) is 1. The molecule has 0 atom stereocenters. The summed E-state index contributed by atoms with van der Waals surface area (Å²) in [4.78, 5) is 16.9. The summed E-state index contributed by atoms with van der Waals surface area (Å²) in [7, 11) is -1.66. The normalized spacial score (nSPS) is 15.9. The lowest BCUT2D eigenvalue weighted by Crippen LogP contribution is -2.34. The second kappa shape index (κ2) is 8.32. The molecule has 0 bridgehead atoms. The average Bonchev–Trinajstić information content (AvgIpc) is 2.89. The summed E-state index contributed by atoms with van der Waals surface area (Å²) in [5, 5.41) is 0. The molecule has 0 saturated carbocycles. The SMILES string of the molecule is Cc1cccc(NS(=O)(=O)c2ccc(C(=O)N3CCCN(C)CC3)cc2)c1C. The van der Waals surface area contributed by atoms with Gasteiger partial charge in [-0.15, -0.1) is 0 Å². The lowest BCUT2D eigenvalue weighted by Gasteiger charge is -2.20. The zero-order valence-electron chi connectivity index (χ0n) is 16.6. The number of nitrogens with one attached hydrogen (secondary N) is 1. The molecule has 0 aromatic heterocycles. The molecular formula is C21H27N3O3S. The van der Waals surface area contributed by atoms with Crippen LogP contribution in [0.1, 0.15) is 27.9 Å². The lowest BCUT2D eigenvalue weighted by atomic mass is 10.1. The van der Waals surface area contributed by atoms with Crippen LogP contribution in [0.4, 0.5) is 5.69 Å². The van der Waals surface area contributed by atoms with Crippen molar-refractivity contribution in [3.05, 3.63) is 59.2 Å². The topological polar surface area (TPSA) is 69.7 Å². The van der Waals surface area contributed by atoms with E-state index in [-0.39, 0.29) is 10.8 Å². The van der Waals surface area contributed by atoms with Gasteiger partial charge in [0.1, 0.15) is 0 Å². The van der Waals surface area contributed by atoms with Crippen molar-refractivity contribution in [2.24, 2.45) is 0 Å². The maximum absolute atomic E-state index is 12.7. The predicted octanol–water partition coefficient (Wildman–Crippen LogP) is 2.88. The Balaban J connectivity index is 1.76. The highest BCUT2D eigenvalue weighted by atomic mass is 32.2. The van der Waals surface area contributed by atoms with Crippen molar-refractivity contribution in [3.8, 4) is 0 Å². The van der Waals surface area contributed by atoms with E-state index in [1.807, 2.05) is 30.9 Å². The second-order valence-corrected chi connectivity index (χ2v) is 9.01. The molecule has 1 fully saturated rings. The molecule has 1 aliphatic rings. The van der Waals surface area contributed by atoms with Crippen LogP contribution >= 0.6 is 0 Å². The first-order valence-corrected chi connectivity index (χ1v) is 10.9. The Morgan fingerprint density at radius 3 is 2.39 bits per heavy atom. The summed E-state index contributed by atoms with van der Waals surface area (Å²) in [5.74, 6) is -0.0539. The number of amides is 1. The number of aryl methyl sites for hydroxylation is 1. The van der Waals surface area contributed by atoms with E-state index in [2.05, 4.69) is 16.7 Å². The Kier molecular flexibility index (Phi) is 6.05. The fourth-order valence-electron chi connectivity index (χ4n) is 3.27. The minimum absolute atomic E-state index is 0.0539. The number of hydrogen-bond acceptors (Lipinski definition) is 4. The number of carbonyl (C=O) groups is 1. The lowest BCUT2D eigenvalue weighted by molar-refractivity contribution is 0.0762. The Morgan fingerprint density at radius 1 is 0.964 bits per heavy atom. The van der Waals surface area contributed by atoms with Crippen LogP contribution in [0, 0.1) is 13.8 Å². The molecule has 2 aromatic carbocycles. The van der Waals surface area contributed by atoms with E-state index in [4.69, 9.17) is 0 Å². The van der Waals surface area contributed by atoms with E-state index in [0.29, 0.717) is 17.8 Å². The zero-order chi connectivity index (χ0) is 20.3. The van der Waals surface area contributed by atoms with Gasteiger partial charge in [-0.25, -0.2) is 8.42 Å². The van der Waals surface area contributed by atoms with Gasteiger partial charge >= 0.3 is 0 Å². The van der Waals surface area contributed by atoms with Crippen LogP contribution in [0.15, 0.2) is 47.4 Å². The molecule has 7 heteroatoms. The number of nitrogens with zero attached hydrogens (tertiary/aromatic N) is 2. The molecule has 1 aliphatic heterocycles. The van der Waals surface area contributed by atoms with Crippen molar-refractivity contribution >= 4 is 21.6 Å². The van der Waals surface area contributed by atoms with Gasteiger partial charge in [0.2, 0.25) is 0 Å². The summed E-state index contributed by atoms with van der Waals surface area (Å²) in [6.07, 6.45) is 0.939. The molecule has 150 valence electrons. The highest BCUT2D eigenvalue weighted by Gasteiger charge is 2.20. The Hall–Kier alpha value is -2.38. The predicted molar refractivity (Wildman–Crippen MR) is 111 cm³/mol. The molecule has 28 heavy (non-hydrogen) atoms. The summed E-state index contributed by atoms with van der Waals surface area (Å²) in [6.45, 7) is 7.05. The van der Waals surface area contributed by atoms with Crippen molar-refractivity contribution in [2.45, 2.75) is 25.2 Å². The summed E-state index contributed by atoms with van der Waals surface area (Å²) in [6, 6.07) is 11.7. The Bertz CT molecular complexity index is 955. The summed E-state index contributed by atoms with van der Waals surface area (Å²) < 4.78 is 28.1. The van der Waals surface area contributed by atoms with E-state index in [0.717, 1.165) is 37.2 Å². The van der Waals surface area contributed by atoms with Crippen LogP contribution in [-0.2, 0) is 10.0 Å². The van der Waals surface area contributed by atoms with Gasteiger partial charge in [-0.2, -0.15) is 0 Å². The van der Waals surface area contributed by atoms with Crippen molar-refractivity contribution in [1.82, 2.24) is 9.80 Å². The van der Waals surface area contributed by atoms with Gasteiger partial charge in [-0.3, -0.25) is 9.52 Å². The first-order chi connectivity index (χ1) is 13.3. The maximum atomic E-state index is 12.7. The van der Waals surface area contributed by atoms with Crippen LogP contribution in [0.5, 0.6) is 0 Å². The van der Waals surface area contributed by atoms with Gasteiger partial charge in [0.15, 0.2) is 0 Å². The highest BCUT2D eigenvalue weighted by Crippen LogP contribution is 2.22. The average molecular weight is 402 g/mol. The molecule has 0 radical (unpaired) electrons. The molecule has 3 rings (SSSR count). The van der Waals surface area contributed by atoms with Gasteiger partial charge in [0.25, 0.3) is 15.9 Å². The van der Waals surface area contributed by atoms with E-state index in [1.54, 1.807) is 18.2 Å². The fourth-order valence-corrected chi connectivity index (χ4v) is 4.40. The van der Waals surface area contributed by atoms with Gasteiger partial charge in [0.05, 0.1) is 10.6 Å². The third-order valence-electron chi connectivity index (χ3n) is 5.27. The molecule has 2 aromatic rings. The smallest absolute Gasteiger partial charge is 0.261 e. The summed E-state index contributed by atoms with van der Waals surface area (Å²) >= 11 is 0. The third-order valence-corrected chi connectivity index (χ3v) is 6.65. The largest absolute Gasteiger partial charge is 0.337 e. The van der Waals surface area contributed by atoms with Crippen LogP contribution < -0.4 is 4.72 Å². The quantitative estimate of drug-likeness (QED) is 0.855. The number of sulfonamides is 1. The van der Waals surface area contributed by atoms with Crippen molar-refractivity contribution in [2.75, 3.05) is 37.9 Å². The molecule has 1 amide bonds. The second-order valence-electron chi connectivity index (χ2n) is 7.33. The van der Waals surface area contributed by atoms with Crippen molar-refractivity contribution in [1.29, 1.82) is 0 Å². The maximum Gasteiger partial charge on any atom is 0.261 e. The molecule has 0 spiro atoms. The van der Waals surface area contributed by atoms with Gasteiger partial charge in [-0.05, 0) is 75.3 Å². The zero-order valence-corrected chi connectivity index (χ0v) is 17.4. The van der Waals surface area contributed by atoms with E-state index < -0.39 is 10.0 Å². The van der Waals surface area contributed by atoms with Crippen LogP contribution in [0.25, 0.3) is 0 Å². The van der Waals surface area contributed by atoms with E-state index >= 15 is 0 Å². The molecule has 1 saturated heterocycles. The number of carbonyl (C=O) groups excluding carboxylic acids is 1. The molecule has 1 heterocycles. The van der Waals surface area contributed by atoms with Gasteiger partial charge in [0, 0.05) is 25.2 Å². The van der Waals surface area contributed by atoms with Crippen LogP contribution in [0.3, 0.4) is 0 Å². The van der Waals surface area contributed by atoms with Crippen LogP contribution in [0.2, 0.25) is 0 Å². The van der Waals surface area contributed by atoms with Crippen molar-refractivity contribution in [3.63, 3.8) is 0 Å². The Labute approximate surface area is 167 Å². The minimum Gasteiger partial charge on any atom is -0.337 e. The van der Waals surface area contributed by atoms with Gasteiger partial charge in [-0.1, -0.05) is 12.1 Å². The molecule has 6 nitrogen and oxygen atoms in total. The fraction of sp³-hybridized carbons (Fsp3) is 0.381. The monoisotopic (exact) mass is 401 g/mol. The highest BCUT2D eigenvalue weighted by molar-refractivity contribution is 7.92. The first-order valence-electron chi connectivity index (χ1n) is 9.45. The molecule has 0 aliphatic carbocycles. The number of anilines is 1. The molecule has 0 unspecified atom stereocenters. The number of likely N-dealkylation sites (N-methyl/N-ethyl adjacent to an activating group) is 1. The molecule has 1 N–H and O–H groups in total. The van der Waals surface area contributed by atoms with E-state index in [1.165, 1.54) is 12.1 Å². The van der Waals surface area contributed by atoms with E-state index in [9.17, 15) is 13.2 Å². The third kappa shape index (κ3) is 4.54. The summed E-state index contributed by atoms with van der Waals surface area (Å²) in [5.41, 5.74) is 2.98. The Morgan fingerprint density at radius 2 is 1.68 bits per heavy atom. The minimum atomic E-state index is -3.71. The molecular weight excluding hydrogens is 374 g/mol.